The minimum absolute atomic E-state index is 0.426. The Hall–Kier alpha value is -2.49. The lowest BCUT2D eigenvalue weighted by molar-refractivity contribution is 0.415. The number of nitrogens with two attached hydrogens (primary N) is 1. The molecule has 0 saturated carbocycles. The highest BCUT2D eigenvalue weighted by Gasteiger charge is 1.99. The standard InChI is InChI=1S/C18H23N3O/c1-13-4-5-15(14(2)12-13)10-11-20-18(19)21-16-6-8-17(22-3)9-7-16/h4-9,12H,10-11H2,1-3H3,(H3,19,20,21). The Balaban J connectivity index is 1.89. The Morgan fingerprint density at radius 2 is 1.86 bits per heavy atom. The molecule has 22 heavy (non-hydrogen) atoms. The predicted octanol–water partition coefficient (Wildman–Crippen LogP) is 3.28. The fraction of sp³-hybridized carbons (Fsp3) is 0.278. The van der Waals surface area contributed by atoms with Gasteiger partial charge in [0.25, 0.3) is 0 Å². The Kier molecular flexibility index (Phi) is 5.42. The van der Waals surface area contributed by atoms with Crippen molar-refractivity contribution in [1.82, 2.24) is 0 Å². The van der Waals surface area contributed by atoms with Crippen molar-refractivity contribution in [3.63, 3.8) is 0 Å². The molecule has 0 amide bonds. The minimum atomic E-state index is 0.426. The summed E-state index contributed by atoms with van der Waals surface area (Å²) in [6, 6.07) is 14.1. The molecule has 0 aliphatic heterocycles. The number of aliphatic imine (C=N–C) groups is 1. The molecule has 116 valence electrons. The van der Waals surface area contributed by atoms with Crippen molar-refractivity contribution in [3.05, 3.63) is 59.2 Å². The maximum Gasteiger partial charge on any atom is 0.193 e. The molecule has 0 atom stereocenters. The average Bonchev–Trinajstić information content (AvgIpc) is 2.50. The predicted molar refractivity (Wildman–Crippen MR) is 92.7 cm³/mol. The van der Waals surface area contributed by atoms with Crippen LogP contribution in [-0.4, -0.2) is 19.6 Å². The van der Waals surface area contributed by atoms with E-state index in [-0.39, 0.29) is 0 Å². The highest BCUT2D eigenvalue weighted by atomic mass is 16.5. The van der Waals surface area contributed by atoms with Crippen LogP contribution in [0.15, 0.2) is 47.5 Å². The highest BCUT2D eigenvalue weighted by molar-refractivity contribution is 5.92. The quantitative estimate of drug-likeness (QED) is 0.657. The number of hydrogen-bond donors (Lipinski definition) is 2. The van der Waals surface area contributed by atoms with Gasteiger partial charge in [0.15, 0.2) is 5.96 Å². The lowest BCUT2D eigenvalue weighted by Crippen LogP contribution is -2.23. The molecule has 4 nitrogen and oxygen atoms in total. The third kappa shape index (κ3) is 4.52. The normalized spacial score (nSPS) is 11.3. The van der Waals surface area contributed by atoms with Crippen molar-refractivity contribution in [2.24, 2.45) is 10.7 Å². The van der Waals surface area contributed by atoms with E-state index in [2.05, 4.69) is 42.4 Å². The molecule has 0 saturated heterocycles. The molecule has 0 radical (unpaired) electrons. The smallest absolute Gasteiger partial charge is 0.193 e. The fourth-order valence-electron chi connectivity index (χ4n) is 2.28. The monoisotopic (exact) mass is 297 g/mol. The Morgan fingerprint density at radius 1 is 1.14 bits per heavy atom. The lowest BCUT2D eigenvalue weighted by Gasteiger charge is -2.08. The van der Waals surface area contributed by atoms with Gasteiger partial charge in [0.2, 0.25) is 0 Å². The number of aryl methyl sites for hydroxylation is 2. The Bertz CT molecular complexity index is 648. The highest BCUT2D eigenvalue weighted by Crippen LogP contribution is 2.15. The number of nitrogens with zero attached hydrogens (tertiary/aromatic N) is 1. The summed E-state index contributed by atoms with van der Waals surface area (Å²) in [5.74, 6) is 1.24. The molecule has 0 aliphatic carbocycles. The number of guanidine groups is 1. The number of rotatable bonds is 5. The van der Waals surface area contributed by atoms with Gasteiger partial charge in [-0.3, -0.25) is 4.99 Å². The summed E-state index contributed by atoms with van der Waals surface area (Å²) in [7, 11) is 1.64. The summed E-state index contributed by atoms with van der Waals surface area (Å²) in [4.78, 5) is 4.37. The van der Waals surface area contributed by atoms with Crippen LogP contribution < -0.4 is 15.8 Å². The molecule has 4 heteroatoms. The number of methoxy groups -OCH3 is 1. The lowest BCUT2D eigenvalue weighted by atomic mass is 10.0. The molecular weight excluding hydrogens is 274 g/mol. The minimum Gasteiger partial charge on any atom is -0.497 e. The molecule has 0 heterocycles. The summed E-state index contributed by atoms with van der Waals surface area (Å²) < 4.78 is 5.12. The van der Waals surface area contributed by atoms with Crippen molar-refractivity contribution < 1.29 is 4.74 Å². The first-order valence-corrected chi connectivity index (χ1v) is 7.35. The molecule has 0 fully saturated rings. The van der Waals surface area contributed by atoms with Crippen molar-refractivity contribution >= 4 is 11.6 Å². The van der Waals surface area contributed by atoms with Crippen LogP contribution in [0.2, 0.25) is 0 Å². The van der Waals surface area contributed by atoms with Gasteiger partial charge in [0.05, 0.1) is 7.11 Å². The topological polar surface area (TPSA) is 59.6 Å². The maximum absolute atomic E-state index is 5.91. The summed E-state index contributed by atoms with van der Waals surface area (Å²) in [6.45, 7) is 4.90. The van der Waals surface area contributed by atoms with E-state index in [9.17, 15) is 0 Å². The SMILES string of the molecule is COc1ccc(NC(N)=NCCc2ccc(C)cc2C)cc1. The van der Waals surface area contributed by atoms with E-state index >= 15 is 0 Å². The van der Waals surface area contributed by atoms with Gasteiger partial charge in [-0.15, -0.1) is 0 Å². The zero-order valence-corrected chi connectivity index (χ0v) is 13.4. The molecule has 3 N–H and O–H groups in total. The van der Waals surface area contributed by atoms with Crippen molar-refractivity contribution in [1.29, 1.82) is 0 Å². The molecular formula is C18H23N3O. The average molecular weight is 297 g/mol. The van der Waals surface area contributed by atoms with Gasteiger partial charge >= 0.3 is 0 Å². The summed E-state index contributed by atoms with van der Waals surface area (Å²) in [5.41, 5.74) is 10.7. The molecule has 0 bridgehead atoms. The zero-order chi connectivity index (χ0) is 15.9. The maximum atomic E-state index is 5.91. The van der Waals surface area contributed by atoms with E-state index in [1.165, 1.54) is 16.7 Å². The molecule has 0 aliphatic rings. The van der Waals surface area contributed by atoms with Crippen LogP contribution in [-0.2, 0) is 6.42 Å². The van der Waals surface area contributed by atoms with Crippen LogP contribution in [0, 0.1) is 13.8 Å². The first-order valence-electron chi connectivity index (χ1n) is 7.35. The Morgan fingerprint density at radius 3 is 2.50 bits per heavy atom. The third-order valence-electron chi connectivity index (χ3n) is 3.52. The van der Waals surface area contributed by atoms with Crippen LogP contribution >= 0.6 is 0 Å². The van der Waals surface area contributed by atoms with Gasteiger partial charge in [-0.2, -0.15) is 0 Å². The van der Waals surface area contributed by atoms with Gasteiger partial charge in [0, 0.05) is 12.2 Å². The van der Waals surface area contributed by atoms with Crippen LogP contribution in [0.3, 0.4) is 0 Å². The molecule has 0 aromatic heterocycles. The second-order valence-corrected chi connectivity index (χ2v) is 5.30. The van der Waals surface area contributed by atoms with E-state index in [4.69, 9.17) is 10.5 Å². The van der Waals surface area contributed by atoms with Crippen LogP contribution in [0.25, 0.3) is 0 Å². The molecule has 0 unspecified atom stereocenters. The summed E-state index contributed by atoms with van der Waals surface area (Å²) in [6.07, 6.45) is 0.886. The molecule has 0 spiro atoms. The largest absolute Gasteiger partial charge is 0.497 e. The zero-order valence-electron chi connectivity index (χ0n) is 13.4. The van der Waals surface area contributed by atoms with Crippen LogP contribution in [0.1, 0.15) is 16.7 Å². The van der Waals surface area contributed by atoms with Crippen LogP contribution in [0.5, 0.6) is 5.75 Å². The number of ether oxygens (including phenoxy) is 1. The van der Waals surface area contributed by atoms with Crippen molar-refractivity contribution in [3.8, 4) is 5.75 Å². The van der Waals surface area contributed by atoms with E-state index in [0.717, 1.165) is 17.9 Å². The third-order valence-corrected chi connectivity index (χ3v) is 3.52. The fourth-order valence-corrected chi connectivity index (χ4v) is 2.28. The van der Waals surface area contributed by atoms with Gasteiger partial charge in [0.1, 0.15) is 5.75 Å². The first kappa shape index (κ1) is 15.9. The van der Waals surface area contributed by atoms with E-state index in [1.807, 2.05) is 24.3 Å². The second-order valence-electron chi connectivity index (χ2n) is 5.30. The van der Waals surface area contributed by atoms with Gasteiger partial charge in [-0.05, 0) is 55.7 Å². The number of nitrogens with one attached hydrogen (secondary N) is 1. The van der Waals surface area contributed by atoms with E-state index < -0.39 is 0 Å². The summed E-state index contributed by atoms with van der Waals surface area (Å²) in [5, 5.41) is 3.08. The van der Waals surface area contributed by atoms with Crippen molar-refractivity contribution in [2.75, 3.05) is 19.0 Å². The number of hydrogen-bond acceptors (Lipinski definition) is 2. The Labute approximate surface area is 132 Å². The summed E-state index contributed by atoms with van der Waals surface area (Å²) >= 11 is 0. The van der Waals surface area contributed by atoms with Gasteiger partial charge in [-0.25, -0.2) is 0 Å². The van der Waals surface area contributed by atoms with Crippen molar-refractivity contribution in [2.45, 2.75) is 20.3 Å². The van der Waals surface area contributed by atoms with E-state index in [0.29, 0.717) is 12.5 Å². The number of benzene rings is 2. The molecule has 2 aromatic rings. The van der Waals surface area contributed by atoms with Gasteiger partial charge in [-0.1, -0.05) is 23.8 Å². The molecule has 2 aromatic carbocycles. The number of anilines is 1. The van der Waals surface area contributed by atoms with Crippen LogP contribution in [0.4, 0.5) is 5.69 Å². The second kappa shape index (κ2) is 7.50. The molecule has 2 rings (SSSR count). The van der Waals surface area contributed by atoms with E-state index in [1.54, 1.807) is 7.11 Å². The first-order chi connectivity index (χ1) is 10.6. The van der Waals surface area contributed by atoms with Gasteiger partial charge < -0.3 is 15.8 Å².